The number of alkyl halides is 1. The number of imidazole rings is 1. The summed E-state index contributed by atoms with van der Waals surface area (Å²) in [5, 5.41) is 3.01. The second kappa shape index (κ2) is 6.02. The van der Waals surface area contributed by atoms with Gasteiger partial charge in [0, 0.05) is 37.5 Å². The zero-order valence-corrected chi connectivity index (χ0v) is 12.9. The summed E-state index contributed by atoms with van der Waals surface area (Å²) in [5.41, 5.74) is 2.84. The SMILES string of the molecule is Cc1ccnc2c1nc(CCCl)n2CCC(=O)NC1CC1. The van der Waals surface area contributed by atoms with E-state index >= 15 is 0 Å². The molecule has 112 valence electrons. The lowest BCUT2D eigenvalue weighted by Gasteiger charge is -2.08. The molecule has 2 aromatic heterocycles. The van der Waals surface area contributed by atoms with E-state index in [0.29, 0.717) is 31.3 Å². The summed E-state index contributed by atoms with van der Waals surface area (Å²) in [5.74, 6) is 1.52. The number of hydrogen-bond acceptors (Lipinski definition) is 3. The lowest BCUT2D eigenvalue weighted by Crippen LogP contribution is -2.26. The molecule has 3 rings (SSSR count). The van der Waals surface area contributed by atoms with Gasteiger partial charge in [0.1, 0.15) is 11.3 Å². The van der Waals surface area contributed by atoms with E-state index in [-0.39, 0.29) is 5.91 Å². The predicted molar refractivity (Wildman–Crippen MR) is 82.5 cm³/mol. The molecule has 2 aromatic rings. The van der Waals surface area contributed by atoms with Gasteiger partial charge < -0.3 is 9.88 Å². The molecular weight excluding hydrogens is 288 g/mol. The number of aromatic nitrogens is 3. The molecule has 0 spiro atoms. The first-order valence-corrected chi connectivity index (χ1v) is 7.88. The molecule has 0 radical (unpaired) electrons. The Hall–Kier alpha value is -1.62. The summed E-state index contributed by atoms with van der Waals surface area (Å²) in [6.07, 6.45) is 5.13. The zero-order chi connectivity index (χ0) is 14.8. The predicted octanol–water partition coefficient (Wildman–Crippen LogP) is 2.19. The number of nitrogens with one attached hydrogen (secondary N) is 1. The van der Waals surface area contributed by atoms with E-state index in [9.17, 15) is 4.79 Å². The van der Waals surface area contributed by atoms with Crippen LogP contribution in [0.1, 0.15) is 30.7 Å². The van der Waals surface area contributed by atoms with Gasteiger partial charge in [0.05, 0.1) is 0 Å². The Kier molecular flexibility index (Phi) is 4.10. The monoisotopic (exact) mass is 306 g/mol. The van der Waals surface area contributed by atoms with Crippen molar-refractivity contribution in [1.82, 2.24) is 19.9 Å². The molecule has 1 amide bonds. The molecule has 21 heavy (non-hydrogen) atoms. The van der Waals surface area contributed by atoms with E-state index in [1.807, 2.05) is 17.6 Å². The number of carbonyl (C=O) groups is 1. The molecule has 0 aromatic carbocycles. The topological polar surface area (TPSA) is 59.8 Å². The van der Waals surface area contributed by atoms with Crippen molar-refractivity contribution in [3.63, 3.8) is 0 Å². The minimum atomic E-state index is 0.101. The molecule has 6 heteroatoms. The van der Waals surface area contributed by atoms with Crippen LogP contribution in [0.4, 0.5) is 0 Å². The molecule has 5 nitrogen and oxygen atoms in total. The summed E-state index contributed by atoms with van der Waals surface area (Å²) in [4.78, 5) is 20.9. The van der Waals surface area contributed by atoms with Gasteiger partial charge in [-0.1, -0.05) is 0 Å². The maximum atomic E-state index is 11.9. The Labute approximate surface area is 128 Å². The molecule has 1 N–H and O–H groups in total. The van der Waals surface area contributed by atoms with Gasteiger partial charge in [-0.05, 0) is 31.4 Å². The Morgan fingerprint density at radius 3 is 3.05 bits per heavy atom. The minimum absolute atomic E-state index is 0.101. The van der Waals surface area contributed by atoms with Gasteiger partial charge in [0.2, 0.25) is 5.91 Å². The molecule has 0 unspecified atom stereocenters. The quantitative estimate of drug-likeness (QED) is 0.832. The molecule has 0 bridgehead atoms. The van der Waals surface area contributed by atoms with Crippen LogP contribution in [-0.4, -0.2) is 32.4 Å². The second-order valence-electron chi connectivity index (χ2n) is 5.51. The van der Waals surface area contributed by atoms with Crippen molar-refractivity contribution in [2.75, 3.05) is 5.88 Å². The highest BCUT2D eigenvalue weighted by Crippen LogP contribution is 2.20. The van der Waals surface area contributed by atoms with E-state index in [1.165, 1.54) is 0 Å². The van der Waals surface area contributed by atoms with E-state index < -0.39 is 0 Å². The molecule has 1 saturated carbocycles. The Morgan fingerprint density at radius 2 is 2.33 bits per heavy atom. The molecule has 0 saturated heterocycles. The van der Waals surface area contributed by atoms with Crippen molar-refractivity contribution in [3.05, 3.63) is 23.7 Å². The number of fused-ring (bicyclic) bond motifs is 1. The van der Waals surface area contributed by atoms with E-state index in [1.54, 1.807) is 6.20 Å². The fourth-order valence-corrected chi connectivity index (χ4v) is 2.60. The smallest absolute Gasteiger partial charge is 0.222 e. The summed E-state index contributed by atoms with van der Waals surface area (Å²) < 4.78 is 2.02. The van der Waals surface area contributed by atoms with Crippen molar-refractivity contribution < 1.29 is 4.79 Å². The number of hydrogen-bond donors (Lipinski definition) is 1. The molecule has 1 aliphatic rings. The number of amides is 1. The average Bonchev–Trinajstić information content (AvgIpc) is 3.19. The summed E-state index contributed by atoms with van der Waals surface area (Å²) in [6.45, 7) is 2.61. The van der Waals surface area contributed by atoms with Gasteiger partial charge in [-0.15, -0.1) is 11.6 Å². The first-order valence-electron chi connectivity index (χ1n) is 7.35. The van der Waals surface area contributed by atoms with E-state index in [0.717, 1.165) is 35.4 Å². The van der Waals surface area contributed by atoms with Gasteiger partial charge in [-0.25, -0.2) is 9.97 Å². The summed E-state index contributed by atoms with van der Waals surface area (Å²) in [7, 11) is 0. The highest BCUT2D eigenvalue weighted by atomic mass is 35.5. The van der Waals surface area contributed by atoms with Gasteiger partial charge >= 0.3 is 0 Å². The number of carbonyl (C=O) groups excluding carboxylic acids is 1. The lowest BCUT2D eigenvalue weighted by molar-refractivity contribution is -0.121. The molecule has 0 atom stereocenters. The fourth-order valence-electron chi connectivity index (χ4n) is 2.43. The number of rotatable bonds is 6. The standard InChI is InChI=1S/C15H19ClN4O/c1-10-5-8-17-15-14(10)19-12(4-7-16)20(15)9-6-13(21)18-11-2-3-11/h5,8,11H,2-4,6-7,9H2,1H3,(H,18,21). The average molecular weight is 307 g/mol. The van der Waals surface area contributed by atoms with Gasteiger partial charge in [0.15, 0.2) is 5.65 Å². The molecule has 0 aliphatic heterocycles. The highest BCUT2D eigenvalue weighted by molar-refractivity contribution is 6.17. The fraction of sp³-hybridized carbons (Fsp3) is 0.533. The Balaban J connectivity index is 1.82. The normalized spacial score (nSPS) is 14.6. The number of aryl methyl sites for hydroxylation is 3. The maximum absolute atomic E-state index is 11.9. The van der Waals surface area contributed by atoms with E-state index in [2.05, 4.69) is 15.3 Å². The lowest BCUT2D eigenvalue weighted by atomic mass is 10.3. The van der Waals surface area contributed by atoms with Crippen LogP contribution in [0.5, 0.6) is 0 Å². The highest BCUT2D eigenvalue weighted by Gasteiger charge is 2.23. The molecule has 1 fully saturated rings. The van der Waals surface area contributed by atoms with Crippen molar-refractivity contribution in [1.29, 1.82) is 0 Å². The van der Waals surface area contributed by atoms with Crippen LogP contribution in [0.3, 0.4) is 0 Å². The van der Waals surface area contributed by atoms with Crippen LogP contribution in [-0.2, 0) is 17.8 Å². The van der Waals surface area contributed by atoms with Crippen molar-refractivity contribution in [2.45, 2.75) is 45.2 Å². The maximum Gasteiger partial charge on any atom is 0.222 e. The largest absolute Gasteiger partial charge is 0.353 e. The van der Waals surface area contributed by atoms with Gasteiger partial charge in [0.25, 0.3) is 0 Å². The minimum Gasteiger partial charge on any atom is -0.353 e. The summed E-state index contributed by atoms with van der Waals surface area (Å²) >= 11 is 5.86. The molecular formula is C15H19ClN4O. The number of halogens is 1. The first kappa shape index (κ1) is 14.3. The molecule has 2 heterocycles. The van der Waals surface area contributed by atoms with Crippen molar-refractivity contribution >= 4 is 28.7 Å². The van der Waals surface area contributed by atoms with E-state index in [4.69, 9.17) is 11.6 Å². The second-order valence-corrected chi connectivity index (χ2v) is 5.89. The van der Waals surface area contributed by atoms with Crippen LogP contribution in [0.25, 0.3) is 11.2 Å². The first-order chi connectivity index (χ1) is 10.2. The third-order valence-electron chi connectivity index (χ3n) is 3.74. The molecule has 1 aliphatic carbocycles. The number of nitrogens with zero attached hydrogens (tertiary/aromatic N) is 3. The van der Waals surface area contributed by atoms with Crippen LogP contribution in [0.15, 0.2) is 12.3 Å². The van der Waals surface area contributed by atoms with Crippen LogP contribution < -0.4 is 5.32 Å². The van der Waals surface area contributed by atoms with Gasteiger partial charge in [-0.2, -0.15) is 0 Å². The summed E-state index contributed by atoms with van der Waals surface area (Å²) in [6, 6.07) is 2.35. The van der Waals surface area contributed by atoms with Crippen LogP contribution >= 0.6 is 11.6 Å². The Morgan fingerprint density at radius 1 is 1.52 bits per heavy atom. The third kappa shape index (κ3) is 3.18. The van der Waals surface area contributed by atoms with Crippen molar-refractivity contribution in [3.8, 4) is 0 Å². The van der Waals surface area contributed by atoms with Crippen molar-refractivity contribution in [2.24, 2.45) is 0 Å². The zero-order valence-electron chi connectivity index (χ0n) is 12.1. The number of pyridine rings is 1. The van der Waals surface area contributed by atoms with Crippen LogP contribution in [0, 0.1) is 6.92 Å². The van der Waals surface area contributed by atoms with Gasteiger partial charge in [-0.3, -0.25) is 4.79 Å². The third-order valence-corrected chi connectivity index (χ3v) is 3.93. The Bertz CT molecular complexity index is 663. The van der Waals surface area contributed by atoms with Crippen LogP contribution in [0.2, 0.25) is 0 Å².